The van der Waals surface area contributed by atoms with Crippen LogP contribution in [0, 0.1) is 20.8 Å². The molecule has 1 aromatic carbocycles. The van der Waals surface area contributed by atoms with Crippen LogP contribution in [0.2, 0.25) is 0 Å². The summed E-state index contributed by atoms with van der Waals surface area (Å²) in [4.78, 5) is 4.60. The van der Waals surface area contributed by atoms with E-state index < -0.39 is 0 Å². The molecule has 0 aliphatic rings. The number of nitrogens with one attached hydrogen (secondary N) is 1. The van der Waals surface area contributed by atoms with Crippen molar-refractivity contribution >= 4 is 11.3 Å². The quantitative estimate of drug-likeness (QED) is 0.877. The van der Waals surface area contributed by atoms with Crippen LogP contribution in [0.15, 0.2) is 17.5 Å². The number of likely N-dealkylation sites (N-methyl/N-ethyl adjacent to an activating group) is 1. The van der Waals surface area contributed by atoms with E-state index in [0.717, 1.165) is 24.4 Å². The van der Waals surface area contributed by atoms with Crippen molar-refractivity contribution in [3.05, 3.63) is 44.9 Å². The summed E-state index contributed by atoms with van der Waals surface area (Å²) in [6.07, 6.45) is 0.895. The molecule has 1 aromatic heterocycles. The van der Waals surface area contributed by atoms with Crippen LogP contribution in [0.3, 0.4) is 0 Å². The normalized spacial score (nSPS) is 12.4. The SMILES string of the molecule is CCNC(Cc1nc(C)cs1)c1c(C)cc(C)cc1OC. The third kappa shape index (κ3) is 3.83. The molecule has 0 bridgehead atoms. The molecule has 3 nitrogen and oxygen atoms in total. The molecule has 0 amide bonds. The van der Waals surface area contributed by atoms with Crippen molar-refractivity contribution in [3.8, 4) is 5.75 Å². The van der Waals surface area contributed by atoms with E-state index in [0.29, 0.717) is 0 Å². The molecule has 0 aliphatic heterocycles. The van der Waals surface area contributed by atoms with Crippen molar-refractivity contribution in [2.24, 2.45) is 0 Å². The number of nitrogens with zero attached hydrogens (tertiary/aromatic N) is 1. The van der Waals surface area contributed by atoms with E-state index in [-0.39, 0.29) is 6.04 Å². The highest BCUT2D eigenvalue weighted by molar-refractivity contribution is 7.09. The Hall–Kier alpha value is -1.39. The Balaban J connectivity index is 2.37. The molecule has 2 aromatic rings. The Labute approximate surface area is 131 Å². The second-order valence-electron chi connectivity index (χ2n) is 5.39. The minimum Gasteiger partial charge on any atom is -0.496 e. The van der Waals surface area contributed by atoms with Gasteiger partial charge in [-0.25, -0.2) is 4.98 Å². The van der Waals surface area contributed by atoms with Gasteiger partial charge in [0.25, 0.3) is 0 Å². The predicted molar refractivity (Wildman–Crippen MR) is 89.4 cm³/mol. The molecule has 0 radical (unpaired) electrons. The maximum Gasteiger partial charge on any atom is 0.124 e. The highest BCUT2D eigenvalue weighted by atomic mass is 32.1. The molecule has 114 valence electrons. The molecular weight excluding hydrogens is 280 g/mol. The Morgan fingerprint density at radius 3 is 2.62 bits per heavy atom. The topological polar surface area (TPSA) is 34.2 Å². The third-order valence-corrected chi connectivity index (χ3v) is 4.55. The highest BCUT2D eigenvalue weighted by Gasteiger charge is 2.20. The first-order valence-corrected chi connectivity index (χ1v) is 8.22. The molecular formula is C17H24N2OS. The Bertz CT molecular complexity index is 607. The number of thiazole rings is 1. The molecule has 1 atom stereocenters. The fraction of sp³-hybridized carbons (Fsp3) is 0.471. The molecule has 1 N–H and O–H groups in total. The summed E-state index contributed by atoms with van der Waals surface area (Å²) >= 11 is 1.73. The number of rotatable bonds is 6. The first kappa shape index (κ1) is 16.0. The standard InChI is InChI=1S/C17H24N2OS/c1-6-18-14(9-16-19-13(4)10-21-16)17-12(3)7-11(2)8-15(17)20-5/h7-8,10,14,18H,6,9H2,1-5H3. The van der Waals surface area contributed by atoms with Gasteiger partial charge in [-0.1, -0.05) is 13.0 Å². The lowest BCUT2D eigenvalue weighted by Gasteiger charge is -2.22. The number of methoxy groups -OCH3 is 1. The van der Waals surface area contributed by atoms with Gasteiger partial charge in [-0.05, 0) is 44.5 Å². The number of hydrogen-bond acceptors (Lipinski definition) is 4. The van der Waals surface area contributed by atoms with Crippen LogP contribution in [-0.2, 0) is 6.42 Å². The van der Waals surface area contributed by atoms with Crippen LogP contribution in [0.5, 0.6) is 5.75 Å². The first-order chi connectivity index (χ1) is 10.0. The summed E-state index contributed by atoms with van der Waals surface area (Å²) in [5.74, 6) is 0.965. The largest absolute Gasteiger partial charge is 0.496 e. The molecule has 0 spiro atoms. The number of hydrogen-bond donors (Lipinski definition) is 1. The maximum absolute atomic E-state index is 5.62. The average Bonchev–Trinajstić information content (AvgIpc) is 2.83. The van der Waals surface area contributed by atoms with Crippen molar-refractivity contribution < 1.29 is 4.74 Å². The lowest BCUT2D eigenvalue weighted by atomic mass is 9.95. The fourth-order valence-electron chi connectivity index (χ4n) is 2.75. The lowest BCUT2D eigenvalue weighted by Crippen LogP contribution is -2.24. The molecule has 0 saturated carbocycles. The number of aromatic nitrogens is 1. The molecule has 4 heteroatoms. The van der Waals surface area contributed by atoms with Gasteiger partial charge in [0.2, 0.25) is 0 Å². The van der Waals surface area contributed by atoms with Crippen LogP contribution < -0.4 is 10.1 Å². The van der Waals surface area contributed by atoms with Crippen molar-refractivity contribution in [1.29, 1.82) is 0 Å². The van der Waals surface area contributed by atoms with Gasteiger partial charge in [-0.3, -0.25) is 0 Å². The van der Waals surface area contributed by atoms with Gasteiger partial charge in [-0.15, -0.1) is 11.3 Å². The summed E-state index contributed by atoms with van der Waals surface area (Å²) in [6.45, 7) is 9.36. The van der Waals surface area contributed by atoms with E-state index in [2.05, 4.69) is 48.6 Å². The zero-order valence-electron chi connectivity index (χ0n) is 13.5. The monoisotopic (exact) mass is 304 g/mol. The summed E-state index contributed by atoms with van der Waals surface area (Å²) in [5, 5.41) is 6.85. The smallest absolute Gasteiger partial charge is 0.124 e. The Morgan fingerprint density at radius 2 is 2.05 bits per heavy atom. The van der Waals surface area contributed by atoms with Gasteiger partial charge in [0.1, 0.15) is 5.75 Å². The maximum atomic E-state index is 5.62. The van der Waals surface area contributed by atoms with E-state index in [1.807, 2.05) is 6.92 Å². The van der Waals surface area contributed by atoms with Gasteiger partial charge >= 0.3 is 0 Å². The molecule has 1 heterocycles. The number of ether oxygens (including phenoxy) is 1. The molecule has 2 rings (SSSR count). The predicted octanol–water partition coefficient (Wildman–Crippen LogP) is 3.97. The van der Waals surface area contributed by atoms with E-state index in [1.165, 1.54) is 21.7 Å². The first-order valence-electron chi connectivity index (χ1n) is 7.34. The second kappa shape index (κ2) is 7.05. The van der Waals surface area contributed by atoms with Gasteiger partial charge in [0, 0.05) is 29.1 Å². The van der Waals surface area contributed by atoms with Crippen LogP contribution in [0.1, 0.15) is 40.4 Å². The minimum atomic E-state index is 0.233. The van der Waals surface area contributed by atoms with E-state index in [9.17, 15) is 0 Å². The molecule has 0 aliphatic carbocycles. The second-order valence-corrected chi connectivity index (χ2v) is 6.34. The van der Waals surface area contributed by atoms with Crippen molar-refractivity contribution in [2.45, 2.75) is 40.2 Å². The molecule has 0 fully saturated rings. The highest BCUT2D eigenvalue weighted by Crippen LogP contribution is 2.32. The van der Waals surface area contributed by atoms with E-state index in [4.69, 9.17) is 4.74 Å². The van der Waals surface area contributed by atoms with Gasteiger partial charge < -0.3 is 10.1 Å². The van der Waals surface area contributed by atoms with Crippen LogP contribution in [-0.4, -0.2) is 18.6 Å². The molecule has 1 unspecified atom stereocenters. The summed E-state index contributed by atoms with van der Waals surface area (Å²) in [6, 6.07) is 4.56. The minimum absolute atomic E-state index is 0.233. The summed E-state index contributed by atoms with van der Waals surface area (Å²) in [5.41, 5.74) is 4.84. The van der Waals surface area contributed by atoms with E-state index >= 15 is 0 Å². The van der Waals surface area contributed by atoms with Gasteiger partial charge in [0.05, 0.1) is 12.1 Å². The zero-order chi connectivity index (χ0) is 15.4. The van der Waals surface area contributed by atoms with Crippen LogP contribution in [0.25, 0.3) is 0 Å². The fourth-order valence-corrected chi connectivity index (χ4v) is 3.57. The Kier molecular flexibility index (Phi) is 5.37. The van der Waals surface area contributed by atoms with Gasteiger partial charge in [-0.2, -0.15) is 0 Å². The zero-order valence-corrected chi connectivity index (χ0v) is 14.3. The van der Waals surface area contributed by atoms with Crippen molar-refractivity contribution in [2.75, 3.05) is 13.7 Å². The lowest BCUT2D eigenvalue weighted by molar-refractivity contribution is 0.398. The summed E-state index contributed by atoms with van der Waals surface area (Å²) < 4.78 is 5.62. The van der Waals surface area contributed by atoms with Crippen molar-refractivity contribution in [1.82, 2.24) is 10.3 Å². The van der Waals surface area contributed by atoms with E-state index in [1.54, 1.807) is 18.4 Å². The number of aryl methyl sites for hydroxylation is 3. The number of benzene rings is 1. The van der Waals surface area contributed by atoms with Crippen molar-refractivity contribution in [3.63, 3.8) is 0 Å². The average molecular weight is 304 g/mol. The summed E-state index contributed by atoms with van der Waals surface area (Å²) in [7, 11) is 1.74. The molecule has 0 saturated heterocycles. The Morgan fingerprint density at radius 1 is 1.29 bits per heavy atom. The van der Waals surface area contributed by atoms with Crippen LogP contribution >= 0.6 is 11.3 Å². The molecule has 21 heavy (non-hydrogen) atoms. The van der Waals surface area contributed by atoms with Gasteiger partial charge in [0.15, 0.2) is 0 Å². The van der Waals surface area contributed by atoms with Crippen LogP contribution in [0.4, 0.5) is 0 Å². The third-order valence-electron chi connectivity index (χ3n) is 3.56.